The van der Waals surface area contributed by atoms with Gasteiger partial charge in [0.05, 0.1) is 13.2 Å². The number of benzene rings is 1. The second-order valence-electron chi connectivity index (χ2n) is 9.43. The van der Waals surface area contributed by atoms with Crippen molar-refractivity contribution in [2.75, 3.05) is 13.9 Å². The second kappa shape index (κ2) is 10.6. The number of fused-ring (bicyclic) bond motifs is 1. The molecule has 11 nitrogen and oxygen atoms in total. The molecule has 6 unspecified atom stereocenters. The first kappa shape index (κ1) is 28.3. The smallest absolute Gasteiger partial charge is 0.342 e. The third kappa shape index (κ3) is 5.67. The first-order valence-corrected chi connectivity index (χ1v) is 11.9. The summed E-state index contributed by atoms with van der Waals surface area (Å²) < 4.78 is 38.2. The lowest BCUT2D eigenvalue weighted by molar-refractivity contribution is -0.194. The number of aliphatic hydroxyl groups is 1. The zero-order valence-electron chi connectivity index (χ0n) is 22.3. The van der Waals surface area contributed by atoms with Crippen LogP contribution in [0.2, 0.25) is 0 Å². The number of carbonyl (C=O) groups is 3. The molecular formula is C26H34O11. The molecule has 1 aromatic rings. The summed E-state index contributed by atoms with van der Waals surface area (Å²) in [6, 6.07) is 3.13. The van der Waals surface area contributed by atoms with Gasteiger partial charge in [-0.2, -0.15) is 0 Å². The van der Waals surface area contributed by atoms with Crippen molar-refractivity contribution < 1.29 is 52.6 Å². The van der Waals surface area contributed by atoms with Crippen LogP contribution in [0.5, 0.6) is 17.2 Å². The molecule has 0 spiro atoms. The van der Waals surface area contributed by atoms with Crippen LogP contribution in [-0.2, 0) is 33.3 Å². The SMILES string of the molecule is CC=C(C)C(=O)OC(C)C(C)(O)C(=O)OC(c1cc(OC)c2c(c1)OCO2)C(C)OC(=O)C1(C)OC1C. The minimum atomic E-state index is -2.23. The van der Waals surface area contributed by atoms with Gasteiger partial charge in [0.25, 0.3) is 0 Å². The third-order valence-corrected chi connectivity index (χ3v) is 6.75. The molecule has 1 fully saturated rings. The predicted octanol–water partition coefficient (Wildman–Crippen LogP) is 2.77. The molecule has 11 heteroatoms. The zero-order chi connectivity index (χ0) is 27.7. The van der Waals surface area contributed by atoms with Gasteiger partial charge >= 0.3 is 17.9 Å². The molecular weight excluding hydrogens is 488 g/mol. The lowest BCUT2D eigenvalue weighted by Gasteiger charge is -2.32. The van der Waals surface area contributed by atoms with Crippen molar-refractivity contribution >= 4 is 17.9 Å². The lowest BCUT2D eigenvalue weighted by Crippen LogP contribution is -2.49. The van der Waals surface area contributed by atoms with Gasteiger partial charge in [-0.1, -0.05) is 6.08 Å². The van der Waals surface area contributed by atoms with Crippen LogP contribution >= 0.6 is 0 Å². The van der Waals surface area contributed by atoms with E-state index in [0.29, 0.717) is 28.4 Å². The van der Waals surface area contributed by atoms with Crippen LogP contribution in [0, 0.1) is 0 Å². The maximum atomic E-state index is 13.2. The fraction of sp³-hybridized carbons (Fsp3) is 0.577. The van der Waals surface area contributed by atoms with Gasteiger partial charge in [0, 0.05) is 11.1 Å². The van der Waals surface area contributed by atoms with Gasteiger partial charge in [-0.15, -0.1) is 0 Å². The monoisotopic (exact) mass is 522 g/mol. The van der Waals surface area contributed by atoms with Crippen molar-refractivity contribution in [1.82, 2.24) is 0 Å². The number of epoxide rings is 1. The Balaban J connectivity index is 1.89. The summed E-state index contributed by atoms with van der Waals surface area (Å²) in [5.41, 5.74) is -2.66. The van der Waals surface area contributed by atoms with E-state index in [-0.39, 0.29) is 12.9 Å². The number of esters is 3. The van der Waals surface area contributed by atoms with Crippen LogP contribution in [0.4, 0.5) is 0 Å². The summed E-state index contributed by atoms with van der Waals surface area (Å²) in [4.78, 5) is 38.1. The van der Waals surface area contributed by atoms with Crippen LogP contribution < -0.4 is 14.2 Å². The highest BCUT2D eigenvalue weighted by molar-refractivity contribution is 5.88. The normalized spacial score (nSPS) is 24.2. The molecule has 2 aliphatic heterocycles. The summed E-state index contributed by atoms with van der Waals surface area (Å²) in [7, 11) is 1.44. The molecule has 6 atom stereocenters. The van der Waals surface area contributed by atoms with E-state index < -0.39 is 47.4 Å². The van der Waals surface area contributed by atoms with Crippen molar-refractivity contribution in [3.05, 3.63) is 29.3 Å². The van der Waals surface area contributed by atoms with E-state index in [9.17, 15) is 19.5 Å². The quantitative estimate of drug-likeness (QED) is 0.210. The molecule has 0 aromatic heterocycles. The van der Waals surface area contributed by atoms with E-state index in [2.05, 4.69) is 0 Å². The van der Waals surface area contributed by atoms with Gasteiger partial charge in [-0.3, -0.25) is 0 Å². The molecule has 0 saturated carbocycles. The number of methoxy groups -OCH3 is 1. The fourth-order valence-corrected chi connectivity index (χ4v) is 3.53. The molecule has 2 heterocycles. The van der Waals surface area contributed by atoms with Crippen LogP contribution in [0.3, 0.4) is 0 Å². The second-order valence-corrected chi connectivity index (χ2v) is 9.43. The van der Waals surface area contributed by atoms with E-state index in [1.165, 1.54) is 27.9 Å². The van der Waals surface area contributed by atoms with Crippen LogP contribution in [-0.4, -0.2) is 66.4 Å². The summed E-state index contributed by atoms with van der Waals surface area (Å²) in [5.74, 6) is -1.38. The number of hydrogen-bond acceptors (Lipinski definition) is 11. The average Bonchev–Trinajstić information content (AvgIpc) is 3.24. The van der Waals surface area contributed by atoms with Crippen molar-refractivity contribution in [3.8, 4) is 17.2 Å². The molecule has 2 aliphatic rings. The fourth-order valence-electron chi connectivity index (χ4n) is 3.53. The third-order valence-electron chi connectivity index (χ3n) is 6.75. The number of hydrogen-bond donors (Lipinski definition) is 1. The lowest BCUT2D eigenvalue weighted by atomic mass is 9.99. The van der Waals surface area contributed by atoms with Gasteiger partial charge < -0.3 is 38.3 Å². The van der Waals surface area contributed by atoms with E-state index in [1.807, 2.05) is 0 Å². The Labute approximate surface area is 215 Å². The molecule has 204 valence electrons. The zero-order valence-corrected chi connectivity index (χ0v) is 22.3. The predicted molar refractivity (Wildman–Crippen MR) is 128 cm³/mol. The van der Waals surface area contributed by atoms with E-state index in [0.717, 1.165) is 0 Å². The standard InChI is InChI=1S/C26H34O11/c1-9-13(2)22(27)35-15(4)25(6,30)23(28)36-20(14(3)34-24(29)26(7)16(5)37-26)17-10-18(31-8)21-19(11-17)32-12-33-21/h9-11,14-16,20,30H,12H2,1-8H3. The van der Waals surface area contributed by atoms with Crippen LogP contribution in [0.15, 0.2) is 23.8 Å². The highest BCUT2D eigenvalue weighted by Crippen LogP contribution is 2.45. The number of allylic oxidation sites excluding steroid dienone is 1. The molecule has 1 saturated heterocycles. The van der Waals surface area contributed by atoms with Crippen molar-refractivity contribution in [2.45, 2.75) is 84.1 Å². The number of carbonyl (C=O) groups excluding carboxylic acids is 3. The van der Waals surface area contributed by atoms with Gasteiger partial charge in [0.2, 0.25) is 12.5 Å². The van der Waals surface area contributed by atoms with Crippen molar-refractivity contribution in [2.24, 2.45) is 0 Å². The first-order chi connectivity index (χ1) is 17.3. The Hall–Kier alpha value is -3.31. The van der Waals surface area contributed by atoms with Crippen LogP contribution in [0.25, 0.3) is 0 Å². The minimum absolute atomic E-state index is 0.0268. The largest absolute Gasteiger partial charge is 0.493 e. The summed E-state index contributed by atoms with van der Waals surface area (Å²) in [6.07, 6.45) is -2.26. The van der Waals surface area contributed by atoms with E-state index in [4.69, 9.17) is 33.2 Å². The van der Waals surface area contributed by atoms with Crippen LogP contribution in [0.1, 0.15) is 60.1 Å². The maximum absolute atomic E-state index is 13.2. The van der Waals surface area contributed by atoms with E-state index >= 15 is 0 Å². The minimum Gasteiger partial charge on any atom is -0.493 e. The van der Waals surface area contributed by atoms with Crippen molar-refractivity contribution in [1.29, 1.82) is 0 Å². The van der Waals surface area contributed by atoms with Gasteiger partial charge in [-0.25, -0.2) is 14.4 Å². The van der Waals surface area contributed by atoms with Gasteiger partial charge in [0.1, 0.15) is 12.2 Å². The summed E-state index contributed by atoms with van der Waals surface area (Å²) in [6.45, 7) is 10.6. The Bertz CT molecular complexity index is 1090. The summed E-state index contributed by atoms with van der Waals surface area (Å²) in [5, 5.41) is 11.0. The first-order valence-electron chi connectivity index (χ1n) is 11.9. The van der Waals surface area contributed by atoms with Gasteiger partial charge in [-0.05, 0) is 60.6 Å². The molecule has 0 amide bonds. The Morgan fingerprint density at radius 1 is 1.19 bits per heavy atom. The van der Waals surface area contributed by atoms with Gasteiger partial charge in [0.15, 0.2) is 28.8 Å². The topological polar surface area (TPSA) is 139 Å². The molecule has 1 N–H and O–H groups in total. The molecule has 1 aromatic carbocycles. The molecule has 0 bridgehead atoms. The number of rotatable bonds is 10. The Morgan fingerprint density at radius 3 is 2.41 bits per heavy atom. The number of ether oxygens (including phenoxy) is 7. The summed E-state index contributed by atoms with van der Waals surface area (Å²) >= 11 is 0. The molecule has 0 aliphatic carbocycles. The molecule has 37 heavy (non-hydrogen) atoms. The Morgan fingerprint density at radius 2 is 1.84 bits per heavy atom. The van der Waals surface area contributed by atoms with E-state index in [1.54, 1.807) is 45.9 Å². The average molecular weight is 523 g/mol. The maximum Gasteiger partial charge on any atom is 0.342 e. The molecule has 3 rings (SSSR count). The Kier molecular flexibility index (Phi) is 8.09. The van der Waals surface area contributed by atoms with Crippen molar-refractivity contribution in [3.63, 3.8) is 0 Å². The molecule has 0 radical (unpaired) electrons. The highest BCUT2D eigenvalue weighted by Gasteiger charge is 2.58. The highest BCUT2D eigenvalue weighted by atomic mass is 16.7.